The molecule has 0 bridgehead atoms. The van der Waals surface area contributed by atoms with Crippen molar-refractivity contribution < 1.29 is 9.18 Å². The lowest BCUT2D eigenvalue weighted by molar-refractivity contribution is -0.115. The van der Waals surface area contributed by atoms with Gasteiger partial charge in [-0.15, -0.1) is 0 Å². The second kappa shape index (κ2) is 6.75. The van der Waals surface area contributed by atoms with E-state index in [0.717, 1.165) is 5.56 Å². The van der Waals surface area contributed by atoms with Gasteiger partial charge in [0, 0.05) is 12.6 Å². The van der Waals surface area contributed by atoms with Crippen LogP contribution in [0.4, 0.5) is 4.39 Å². The van der Waals surface area contributed by atoms with Gasteiger partial charge in [-0.2, -0.15) is 0 Å². The summed E-state index contributed by atoms with van der Waals surface area (Å²) >= 11 is 4.85. The number of hydrogen-bond acceptors (Lipinski definition) is 2. The Hall–Kier alpha value is -1.75. The van der Waals surface area contributed by atoms with Crippen LogP contribution in [-0.2, 0) is 4.79 Å². The van der Waals surface area contributed by atoms with Crippen molar-refractivity contribution in [2.24, 2.45) is 0 Å². The zero-order valence-electron chi connectivity index (χ0n) is 9.37. The van der Waals surface area contributed by atoms with Crippen molar-refractivity contribution in [1.29, 1.82) is 0 Å². The molecule has 0 spiro atoms. The van der Waals surface area contributed by atoms with Gasteiger partial charge in [-0.1, -0.05) is 12.1 Å². The molecule has 0 aliphatic heterocycles. The molecule has 0 atom stereocenters. The first-order valence-corrected chi connectivity index (χ1v) is 5.55. The van der Waals surface area contributed by atoms with Crippen LogP contribution in [0.3, 0.4) is 0 Å². The molecule has 1 amide bonds. The Labute approximate surface area is 105 Å². The predicted octanol–water partition coefficient (Wildman–Crippen LogP) is 1.85. The van der Waals surface area contributed by atoms with E-state index in [1.54, 1.807) is 18.2 Å². The van der Waals surface area contributed by atoms with E-state index in [9.17, 15) is 9.18 Å². The molecule has 0 heterocycles. The topological polar surface area (TPSA) is 41.1 Å². The fraction of sp³-hybridized carbons (Fsp3) is 0.167. The molecule has 0 saturated heterocycles. The van der Waals surface area contributed by atoms with Crippen molar-refractivity contribution in [1.82, 2.24) is 10.6 Å². The Morgan fingerprint density at radius 3 is 2.65 bits per heavy atom. The molecule has 1 aromatic carbocycles. The highest BCUT2D eigenvalue weighted by Gasteiger charge is 1.98. The van der Waals surface area contributed by atoms with Gasteiger partial charge in [-0.25, -0.2) is 4.39 Å². The minimum atomic E-state index is -0.319. The van der Waals surface area contributed by atoms with E-state index < -0.39 is 0 Å². The van der Waals surface area contributed by atoms with Crippen LogP contribution in [-0.4, -0.2) is 17.6 Å². The van der Waals surface area contributed by atoms with Crippen molar-refractivity contribution >= 4 is 29.3 Å². The van der Waals surface area contributed by atoms with Crippen molar-refractivity contribution in [3.63, 3.8) is 0 Å². The zero-order valence-corrected chi connectivity index (χ0v) is 10.2. The maximum absolute atomic E-state index is 12.6. The Kier molecular flexibility index (Phi) is 5.29. The number of nitrogens with one attached hydrogen (secondary N) is 2. The number of carbonyl (C=O) groups excluding carboxylic acids is 1. The molecule has 3 nitrogen and oxygen atoms in total. The van der Waals surface area contributed by atoms with Crippen molar-refractivity contribution in [2.45, 2.75) is 6.92 Å². The van der Waals surface area contributed by atoms with Crippen molar-refractivity contribution in [3.8, 4) is 0 Å². The summed E-state index contributed by atoms with van der Waals surface area (Å²) in [5.41, 5.74) is 0.746. The van der Waals surface area contributed by atoms with E-state index in [0.29, 0.717) is 11.7 Å². The fourth-order valence-electron chi connectivity index (χ4n) is 1.10. The minimum Gasteiger partial charge on any atom is -0.363 e. The summed E-state index contributed by atoms with van der Waals surface area (Å²) in [6, 6.07) is 5.84. The fourth-order valence-corrected chi connectivity index (χ4v) is 1.35. The molecule has 1 aromatic rings. The smallest absolute Gasteiger partial charge is 0.250 e. The first-order valence-electron chi connectivity index (χ1n) is 5.14. The van der Waals surface area contributed by atoms with Crippen LogP contribution in [0.1, 0.15) is 12.5 Å². The van der Waals surface area contributed by atoms with Crippen molar-refractivity contribution in [3.05, 3.63) is 41.7 Å². The molecule has 0 aromatic heterocycles. The third kappa shape index (κ3) is 5.21. The van der Waals surface area contributed by atoms with E-state index >= 15 is 0 Å². The van der Waals surface area contributed by atoms with Gasteiger partial charge < -0.3 is 5.32 Å². The number of carbonyl (C=O) groups is 1. The first-order chi connectivity index (χ1) is 8.11. The number of amides is 1. The molecule has 1 rings (SSSR count). The Balaban J connectivity index is 2.50. The summed E-state index contributed by atoms with van der Waals surface area (Å²) in [4.78, 5) is 11.4. The SMILES string of the molecule is CCNC(=S)NC(=O)/C=C/c1ccc(F)cc1. The maximum atomic E-state index is 12.6. The van der Waals surface area contributed by atoms with Gasteiger partial charge in [0.05, 0.1) is 0 Å². The third-order valence-electron chi connectivity index (χ3n) is 1.87. The second-order valence-corrected chi connectivity index (χ2v) is 3.64. The standard InChI is InChI=1S/C12H13FN2OS/c1-2-14-12(17)15-11(16)8-5-9-3-6-10(13)7-4-9/h3-8H,2H2,1H3,(H2,14,15,16,17)/b8-5+. The number of halogens is 1. The van der Waals surface area contributed by atoms with E-state index in [1.165, 1.54) is 18.2 Å². The Morgan fingerprint density at radius 1 is 1.41 bits per heavy atom. The van der Waals surface area contributed by atoms with Gasteiger partial charge in [-0.3, -0.25) is 10.1 Å². The summed E-state index contributed by atoms with van der Waals surface area (Å²) in [5, 5.41) is 5.57. The first kappa shape index (κ1) is 13.3. The average molecular weight is 252 g/mol. The minimum absolute atomic E-state index is 0.293. The molecular formula is C12H13FN2OS. The highest BCUT2D eigenvalue weighted by Crippen LogP contribution is 2.04. The van der Waals surface area contributed by atoms with Crippen LogP contribution < -0.4 is 10.6 Å². The molecule has 2 N–H and O–H groups in total. The van der Waals surface area contributed by atoms with Gasteiger partial charge in [0.15, 0.2) is 5.11 Å². The van der Waals surface area contributed by atoms with Gasteiger partial charge in [0.2, 0.25) is 5.91 Å². The van der Waals surface area contributed by atoms with Crippen LogP contribution in [0, 0.1) is 5.82 Å². The van der Waals surface area contributed by atoms with Crippen LogP contribution in [0.2, 0.25) is 0 Å². The normalized spacial score (nSPS) is 10.2. The average Bonchev–Trinajstić information content (AvgIpc) is 2.28. The van der Waals surface area contributed by atoms with E-state index in [2.05, 4.69) is 10.6 Å². The largest absolute Gasteiger partial charge is 0.363 e. The van der Waals surface area contributed by atoms with Crippen molar-refractivity contribution in [2.75, 3.05) is 6.54 Å². The van der Waals surface area contributed by atoms with Crippen LogP contribution >= 0.6 is 12.2 Å². The molecule has 0 fully saturated rings. The molecule has 0 saturated carbocycles. The van der Waals surface area contributed by atoms with Crippen LogP contribution in [0.5, 0.6) is 0 Å². The molecule has 0 radical (unpaired) electrons. The summed E-state index contributed by atoms with van der Waals surface area (Å²) in [5.74, 6) is -0.625. The summed E-state index contributed by atoms with van der Waals surface area (Å²) in [6.45, 7) is 2.54. The van der Waals surface area contributed by atoms with Crippen LogP contribution in [0.25, 0.3) is 6.08 Å². The number of hydrogen-bond donors (Lipinski definition) is 2. The van der Waals surface area contributed by atoms with E-state index in [4.69, 9.17) is 12.2 Å². The summed E-state index contributed by atoms with van der Waals surface area (Å²) in [7, 11) is 0. The quantitative estimate of drug-likeness (QED) is 0.637. The summed E-state index contributed by atoms with van der Waals surface area (Å²) < 4.78 is 12.6. The summed E-state index contributed by atoms with van der Waals surface area (Å²) in [6.07, 6.45) is 2.93. The zero-order chi connectivity index (χ0) is 12.7. The molecule has 17 heavy (non-hydrogen) atoms. The molecule has 90 valence electrons. The highest BCUT2D eigenvalue weighted by molar-refractivity contribution is 7.80. The van der Waals surface area contributed by atoms with Gasteiger partial charge in [0.1, 0.15) is 5.82 Å². The lowest BCUT2D eigenvalue weighted by atomic mass is 10.2. The number of thiocarbonyl (C=S) groups is 1. The van der Waals surface area contributed by atoms with Gasteiger partial charge in [-0.05, 0) is 42.9 Å². The second-order valence-electron chi connectivity index (χ2n) is 3.23. The maximum Gasteiger partial charge on any atom is 0.250 e. The lowest BCUT2D eigenvalue weighted by Gasteiger charge is -2.04. The lowest BCUT2D eigenvalue weighted by Crippen LogP contribution is -2.38. The van der Waals surface area contributed by atoms with Crippen LogP contribution in [0.15, 0.2) is 30.3 Å². The molecule has 0 aliphatic carbocycles. The van der Waals surface area contributed by atoms with Gasteiger partial charge >= 0.3 is 0 Å². The predicted molar refractivity (Wildman–Crippen MR) is 69.9 cm³/mol. The molecule has 5 heteroatoms. The highest BCUT2D eigenvalue weighted by atomic mass is 32.1. The van der Waals surface area contributed by atoms with E-state index in [1.807, 2.05) is 6.92 Å². The molecular weight excluding hydrogens is 239 g/mol. The van der Waals surface area contributed by atoms with Gasteiger partial charge in [0.25, 0.3) is 0 Å². The number of rotatable bonds is 3. The third-order valence-corrected chi connectivity index (χ3v) is 2.12. The molecule has 0 aliphatic rings. The van der Waals surface area contributed by atoms with E-state index in [-0.39, 0.29) is 11.7 Å². The Bertz CT molecular complexity index is 429. The monoisotopic (exact) mass is 252 g/mol. The molecule has 0 unspecified atom stereocenters. The number of benzene rings is 1. The Morgan fingerprint density at radius 2 is 2.06 bits per heavy atom.